The van der Waals surface area contributed by atoms with Crippen molar-refractivity contribution in [2.75, 3.05) is 13.7 Å². The van der Waals surface area contributed by atoms with Gasteiger partial charge in [0.1, 0.15) is 0 Å². The highest BCUT2D eigenvalue weighted by Crippen LogP contribution is 2.32. The molecule has 1 unspecified atom stereocenters. The minimum Gasteiger partial charge on any atom is -0.494 e. The SMILES string of the molecule is COc1ccc(Cl)c(C(O)CCN)c1F. The van der Waals surface area contributed by atoms with Crippen molar-refractivity contribution in [3.8, 4) is 5.75 Å². The zero-order valence-electron chi connectivity index (χ0n) is 8.34. The summed E-state index contributed by atoms with van der Waals surface area (Å²) in [6.45, 7) is 0.258. The minimum atomic E-state index is -1.00. The second kappa shape index (κ2) is 5.30. The molecular formula is C10H13ClFNO2. The number of hydrogen-bond donors (Lipinski definition) is 2. The highest BCUT2D eigenvalue weighted by molar-refractivity contribution is 6.31. The van der Waals surface area contributed by atoms with E-state index >= 15 is 0 Å². The van der Waals surface area contributed by atoms with Crippen molar-refractivity contribution < 1.29 is 14.2 Å². The standard InChI is InChI=1S/C10H13ClFNO2/c1-15-8-3-2-6(11)9(10(8)12)7(14)4-5-13/h2-3,7,14H,4-5,13H2,1H3. The van der Waals surface area contributed by atoms with Crippen LogP contribution in [0.1, 0.15) is 18.1 Å². The van der Waals surface area contributed by atoms with E-state index in [1.165, 1.54) is 19.2 Å². The third-order valence-corrected chi connectivity index (χ3v) is 2.41. The molecule has 0 heterocycles. The summed E-state index contributed by atoms with van der Waals surface area (Å²) in [5, 5.41) is 9.82. The predicted molar refractivity (Wildman–Crippen MR) is 56.6 cm³/mol. The summed E-state index contributed by atoms with van der Waals surface area (Å²) >= 11 is 5.79. The molecule has 0 saturated heterocycles. The van der Waals surface area contributed by atoms with Crippen LogP contribution < -0.4 is 10.5 Å². The van der Waals surface area contributed by atoms with Crippen molar-refractivity contribution in [3.63, 3.8) is 0 Å². The number of ether oxygens (including phenoxy) is 1. The van der Waals surface area contributed by atoms with Gasteiger partial charge in [0.15, 0.2) is 11.6 Å². The summed E-state index contributed by atoms with van der Waals surface area (Å²) < 4.78 is 18.5. The molecule has 1 aromatic carbocycles. The molecule has 1 aromatic rings. The van der Waals surface area contributed by atoms with Gasteiger partial charge in [0.2, 0.25) is 0 Å². The van der Waals surface area contributed by atoms with Gasteiger partial charge in [-0.25, -0.2) is 4.39 Å². The van der Waals surface area contributed by atoms with E-state index < -0.39 is 11.9 Å². The summed E-state index contributed by atoms with van der Waals surface area (Å²) in [6.07, 6.45) is -0.748. The van der Waals surface area contributed by atoms with E-state index in [9.17, 15) is 9.50 Å². The third kappa shape index (κ3) is 2.59. The Bertz CT molecular complexity index is 346. The molecule has 1 atom stereocenters. The summed E-state index contributed by atoms with van der Waals surface area (Å²) in [7, 11) is 1.35. The highest BCUT2D eigenvalue weighted by Gasteiger charge is 2.19. The summed E-state index contributed by atoms with van der Waals surface area (Å²) in [5.74, 6) is -0.573. The molecule has 0 bridgehead atoms. The molecule has 15 heavy (non-hydrogen) atoms. The second-order valence-electron chi connectivity index (χ2n) is 3.07. The van der Waals surface area contributed by atoms with Crippen molar-refractivity contribution in [1.29, 1.82) is 0 Å². The number of aliphatic hydroxyl groups is 1. The zero-order valence-corrected chi connectivity index (χ0v) is 9.09. The van der Waals surface area contributed by atoms with E-state index in [2.05, 4.69) is 0 Å². The number of methoxy groups -OCH3 is 1. The van der Waals surface area contributed by atoms with Crippen LogP contribution in [0, 0.1) is 5.82 Å². The summed E-state index contributed by atoms with van der Waals surface area (Å²) in [5.41, 5.74) is 5.32. The first-order chi connectivity index (χ1) is 7.11. The third-order valence-electron chi connectivity index (χ3n) is 2.08. The monoisotopic (exact) mass is 233 g/mol. The Morgan fingerprint density at radius 1 is 1.60 bits per heavy atom. The topological polar surface area (TPSA) is 55.5 Å². The van der Waals surface area contributed by atoms with Crippen LogP contribution in [0.25, 0.3) is 0 Å². The first-order valence-electron chi connectivity index (χ1n) is 4.51. The number of benzene rings is 1. The molecule has 0 aliphatic rings. The molecule has 1 rings (SSSR count). The fourth-order valence-electron chi connectivity index (χ4n) is 1.31. The Labute approximate surface area is 92.6 Å². The lowest BCUT2D eigenvalue weighted by Gasteiger charge is -2.14. The molecule has 0 radical (unpaired) electrons. The average Bonchev–Trinajstić information content (AvgIpc) is 2.18. The van der Waals surface area contributed by atoms with Gasteiger partial charge in [-0.05, 0) is 25.1 Å². The van der Waals surface area contributed by atoms with Crippen LogP contribution in [0.3, 0.4) is 0 Å². The largest absolute Gasteiger partial charge is 0.494 e. The Kier molecular flexibility index (Phi) is 4.32. The van der Waals surface area contributed by atoms with Gasteiger partial charge in [-0.15, -0.1) is 0 Å². The van der Waals surface area contributed by atoms with Crippen LogP contribution in [0.4, 0.5) is 4.39 Å². The van der Waals surface area contributed by atoms with Crippen LogP contribution in [0.15, 0.2) is 12.1 Å². The molecule has 0 aliphatic heterocycles. The Morgan fingerprint density at radius 2 is 2.27 bits per heavy atom. The normalized spacial score (nSPS) is 12.6. The van der Waals surface area contributed by atoms with Crippen LogP contribution in [0.2, 0.25) is 5.02 Å². The van der Waals surface area contributed by atoms with E-state index in [0.29, 0.717) is 0 Å². The van der Waals surface area contributed by atoms with Crippen LogP contribution in [-0.2, 0) is 0 Å². The molecule has 0 aliphatic carbocycles. The molecule has 84 valence electrons. The van der Waals surface area contributed by atoms with E-state index in [0.717, 1.165) is 0 Å². The summed E-state index contributed by atoms with van der Waals surface area (Å²) in [4.78, 5) is 0. The maximum absolute atomic E-state index is 13.7. The lowest BCUT2D eigenvalue weighted by atomic mass is 10.1. The second-order valence-corrected chi connectivity index (χ2v) is 3.48. The van der Waals surface area contributed by atoms with Crippen molar-refractivity contribution >= 4 is 11.6 Å². The van der Waals surface area contributed by atoms with Gasteiger partial charge in [0, 0.05) is 10.6 Å². The van der Waals surface area contributed by atoms with Gasteiger partial charge >= 0.3 is 0 Å². The molecule has 0 amide bonds. The maximum Gasteiger partial charge on any atom is 0.172 e. The molecule has 3 nitrogen and oxygen atoms in total. The quantitative estimate of drug-likeness (QED) is 0.835. The van der Waals surface area contributed by atoms with Gasteiger partial charge in [0.25, 0.3) is 0 Å². The molecule has 0 saturated carbocycles. The zero-order chi connectivity index (χ0) is 11.4. The Morgan fingerprint density at radius 3 is 2.80 bits per heavy atom. The van der Waals surface area contributed by atoms with Gasteiger partial charge in [0.05, 0.1) is 13.2 Å². The van der Waals surface area contributed by atoms with Crippen molar-refractivity contribution in [2.24, 2.45) is 5.73 Å². The van der Waals surface area contributed by atoms with E-state index in [-0.39, 0.29) is 29.3 Å². The Hall–Kier alpha value is -0.840. The van der Waals surface area contributed by atoms with Gasteiger partial charge in [-0.3, -0.25) is 0 Å². The number of rotatable bonds is 4. The number of aliphatic hydroxyl groups excluding tert-OH is 1. The fraction of sp³-hybridized carbons (Fsp3) is 0.400. The summed E-state index contributed by atoms with van der Waals surface area (Å²) in [6, 6.07) is 2.90. The highest BCUT2D eigenvalue weighted by atomic mass is 35.5. The molecule has 0 spiro atoms. The van der Waals surface area contributed by atoms with Gasteiger partial charge in [-0.2, -0.15) is 0 Å². The lowest BCUT2D eigenvalue weighted by Crippen LogP contribution is -2.09. The first kappa shape index (κ1) is 12.2. The molecule has 5 heteroatoms. The van der Waals surface area contributed by atoms with E-state index in [1.54, 1.807) is 0 Å². The molecule has 3 N–H and O–H groups in total. The molecule has 0 fully saturated rings. The number of halogens is 2. The van der Waals surface area contributed by atoms with E-state index in [1.807, 2.05) is 0 Å². The smallest absolute Gasteiger partial charge is 0.172 e. The van der Waals surface area contributed by atoms with Gasteiger partial charge < -0.3 is 15.6 Å². The lowest BCUT2D eigenvalue weighted by molar-refractivity contribution is 0.164. The molecule has 0 aromatic heterocycles. The van der Waals surface area contributed by atoms with Crippen molar-refractivity contribution in [3.05, 3.63) is 28.5 Å². The van der Waals surface area contributed by atoms with Crippen molar-refractivity contribution in [2.45, 2.75) is 12.5 Å². The van der Waals surface area contributed by atoms with Gasteiger partial charge in [-0.1, -0.05) is 11.6 Å². The van der Waals surface area contributed by atoms with Crippen LogP contribution in [0.5, 0.6) is 5.75 Å². The Balaban J connectivity index is 3.14. The minimum absolute atomic E-state index is 0.0430. The molecular weight excluding hydrogens is 221 g/mol. The van der Waals surface area contributed by atoms with Crippen molar-refractivity contribution in [1.82, 2.24) is 0 Å². The van der Waals surface area contributed by atoms with Crippen LogP contribution in [-0.4, -0.2) is 18.8 Å². The number of hydrogen-bond acceptors (Lipinski definition) is 3. The van der Waals surface area contributed by atoms with Crippen LogP contribution >= 0.6 is 11.6 Å². The maximum atomic E-state index is 13.7. The fourth-order valence-corrected chi connectivity index (χ4v) is 1.59. The van der Waals surface area contributed by atoms with E-state index in [4.69, 9.17) is 22.1 Å². The number of nitrogens with two attached hydrogens (primary N) is 1. The predicted octanol–water partition coefficient (Wildman–Crippen LogP) is 1.87. The average molecular weight is 234 g/mol. The first-order valence-corrected chi connectivity index (χ1v) is 4.89.